The first-order valence-electron chi connectivity index (χ1n) is 9.23. The van der Waals surface area contributed by atoms with E-state index in [0.717, 1.165) is 38.5 Å². The predicted molar refractivity (Wildman–Crippen MR) is 101 cm³/mol. The Bertz CT molecular complexity index is 307. The molecular formula is C20H38O4Sn+2. The molecule has 5 heteroatoms. The van der Waals surface area contributed by atoms with Gasteiger partial charge in [-0.05, 0) is 49.4 Å². The van der Waals surface area contributed by atoms with E-state index in [1.807, 2.05) is 0 Å². The average Bonchev–Trinajstić information content (AvgIpc) is 2.35. The SMILES string of the molecule is CC(C)(C)CCCCCC(=O)[O-].CC(C)(C)CCCCCC(=O)[O-].[Sn+4]. The van der Waals surface area contributed by atoms with Gasteiger partial charge in [-0.1, -0.05) is 67.2 Å². The summed E-state index contributed by atoms with van der Waals surface area (Å²) in [7, 11) is 0. The zero-order valence-corrected chi connectivity index (χ0v) is 20.1. The van der Waals surface area contributed by atoms with Gasteiger partial charge in [0.25, 0.3) is 0 Å². The minimum absolute atomic E-state index is 0. The van der Waals surface area contributed by atoms with E-state index in [9.17, 15) is 19.8 Å². The van der Waals surface area contributed by atoms with Gasteiger partial charge in [-0.2, -0.15) is 0 Å². The summed E-state index contributed by atoms with van der Waals surface area (Å²) < 4.78 is 0. The van der Waals surface area contributed by atoms with Crippen molar-refractivity contribution in [2.45, 2.75) is 106 Å². The zero-order valence-electron chi connectivity index (χ0n) is 17.2. The van der Waals surface area contributed by atoms with Gasteiger partial charge in [-0.3, -0.25) is 0 Å². The number of aliphatic carboxylic acids is 2. The standard InChI is InChI=1S/2C10H20O2.Sn/c2*1-10(2,3)8-6-4-5-7-9(11)12;/h2*4-8H2,1-3H3,(H,11,12);/q;;+4/p-2. The maximum absolute atomic E-state index is 10.0. The predicted octanol–water partition coefficient (Wildman–Crippen LogP) is 3.09. The maximum atomic E-state index is 10.0. The van der Waals surface area contributed by atoms with E-state index in [2.05, 4.69) is 41.5 Å². The fourth-order valence-corrected chi connectivity index (χ4v) is 2.20. The van der Waals surface area contributed by atoms with Gasteiger partial charge in [0.1, 0.15) is 0 Å². The molecular weight excluding hydrogens is 423 g/mol. The summed E-state index contributed by atoms with van der Waals surface area (Å²) >= 11 is 0. The first-order chi connectivity index (χ1) is 10.8. The zero-order chi connectivity index (χ0) is 19.2. The molecule has 0 aliphatic rings. The van der Waals surface area contributed by atoms with Crippen molar-refractivity contribution in [3.8, 4) is 0 Å². The Morgan fingerprint density at radius 3 is 1.08 bits per heavy atom. The molecule has 0 amide bonds. The molecule has 0 aromatic carbocycles. The van der Waals surface area contributed by atoms with Crippen molar-refractivity contribution in [1.82, 2.24) is 0 Å². The first-order valence-corrected chi connectivity index (χ1v) is 9.23. The van der Waals surface area contributed by atoms with Crippen LogP contribution < -0.4 is 10.2 Å². The molecule has 0 saturated heterocycles. The third-order valence-corrected chi connectivity index (χ3v) is 3.62. The van der Waals surface area contributed by atoms with Gasteiger partial charge in [-0.25, -0.2) is 0 Å². The van der Waals surface area contributed by atoms with Crippen molar-refractivity contribution in [2.24, 2.45) is 10.8 Å². The molecule has 0 aromatic heterocycles. The van der Waals surface area contributed by atoms with Crippen LogP contribution in [0.25, 0.3) is 0 Å². The van der Waals surface area contributed by atoms with E-state index in [-0.39, 0.29) is 36.7 Å². The van der Waals surface area contributed by atoms with Gasteiger partial charge >= 0.3 is 23.9 Å². The number of carbonyl (C=O) groups is 2. The minimum Gasteiger partial charge on any atom is -0.550 e. The maximum Gasteiger partial charge on any atom is 4.00 e. The molecule has 0 saturated carbocycles. The number of hydrogen-bond donors (Lipinski definition) is 0. The third-order valence-electron chi connectivity index (χ3n) is 3.62. The molecule has 0 unspecified atom stereocenters. The van der Waals surface area contributed by atoms with Crippen LogP contribution in [0.2, 0.25) is 0 Å². The molecule has 0 fully saturated rings. The van der Waals surface area contributed by atoms with E-state index in [4.69, 9.17) is 0 Å². The molecule has 0 rings (SSSR count). The van der Waals surface area contributed by atoms with Crippen LogP contribution in [0.1, 0.15) is 106 Å². The molecule has 0 heterocycles. The number of rotatable bonds is 10. The topological polar surface area (TPSA) is 80.3 Å². The minimum atomic E-state index is -0.925. The summed E-state index contributed by atoms with van der Waals surface area (Å²) in [5, 5.41) is 20.1. The summed E-state index contributed by atoms with van der Waals surface area (Å²) in [6.45, 7) is 13.2. The van der Waals surface area contributed by atoms with Crippen molar-refractivity contribution in [2.75, 3.05) is 0 Å². The Balaban J connectivity index is -0.000000372. The van der Waals surface area contributed by atoms with Crippen LogP contribution in [0.4, 0.5) is 0 Å². The third kappa shape index (κ3) is 35.7. The molecule has 0 bridgehead atoms. The second-order valence-corrected chi connectivity index (χ2v) is 8.99. The van der Waals surface area contributed by atoms with Crippen molar-refractivity contribution in [1.29, 1.82) is 0 Å². The first kappa shape index (κ1) is 29.5. The van der Waals surface area contributed by atoms with Gasteiger partial charge in [0.05, 0.1) is 0 Å². The Labute approximate surface area is 172 Å². The molecule has 0 N–H and O–H groups in total. The van der Waals surface area contributed by atoms with Crippen LogP contribution in [0, 0.1) is 10.8 Å². The second-order valence-electron chi connectivity index (χ2n) is 8.99. The van der Waals surface area contributed by atoms with E-state index in [1.54, 1.807) is 0 Å². The van der Waals surface area contributed by atoms with Crippen molar-refractivity contribution < 1.29 is 19.8 Å². The number of carbonyl (C=O) groups excluding carboxylic acids is 2. The molecule has 25 heavy (non-hydrogen) atoms. The molecule has 0 spiro atoms. The van der Waals surface area contributed by atoms with Gasteiger partial charge in [-0.15, -0.1) is 0 Å². The largest absolute Gasteiger partial charge is 4.00 e. The molecule has 144 valence electrons. The van der Waals surface area contributed by atoms with Crippen molar-refractivity contribution >= 4 is 35.8 Å². The Morgan fingerprint density at radius 2 is 0.880 bits per heavy atom. The smallest absolute Gasteiger partial charge is 0.550 e. The summed E-state index contributed by atoms with van der Waals surface area (Å²) in [6, 6.07) is 0. The van der Waals surface area contributed by atoms with Crippen LogP contribution >= 0.6 is 0 Å². The quantitative estimate of drug-likeness (QED) is 0.370. The van der Waals surface area contributed by atoms with Crippen LogP contribution in [-0.2, 0) is 9.59 Å². The summed E-state index contributed by atoms with van der Waals surface area (Å²) in [6.07, 6.45) is 8.54. The van der Waals surface area contributed by atoms with Crippen LogP contribution in [0.15, 0.2) is 0 Å². The normalized spacial score (nSPS) is 11.1. The molecule has 0 atom stereocenters. The van der Waals surface area contributed by atoms with Crippen LogP contribution in [0.5, 0.6) is 0 Å². The Kier molecular flexibility index (Phi) is 18.8. The van der Waals surface area contributed by atoms with Gasteiger partial charge in [0.15, 0.2) is 0 Å². The molecule has 0 aromatic rings. The number of unbranched alkanes of at least 4 members (excludes halogenated alkanes) is 4. The van der Waals surface area contributed by atoms with Crippen molar-refractivity contribution in [3.63, 3.8) is 0 Å². The van der Waals surface area contributed by atoms with Crippen LogP contribution in [-0.4, -0.2) is 35.8 Å². The monoisotopic (exact) mass is 462 g/mol. The van der Waals surface area contributed by atoms with Gasteiger partial charge < -0.3 is 19.8 Å². The van der Waals surface area contributed by atoms with E-state index in [1.165, 1.54) is 12.8 Å². The Morgan fingerprint density at radius 1 is 0.600 bits per heavy atom. The van der Waals surface area contributed by atoms with Gasteiger partial charge in [0.2, 0.25) is 0 Å². The summed E-state index contributed by atoms with van der Waals surface area (Å²) in [4.78, 5) is 20.1. The van der Waals surface area contributed by atoms with Gasteiger partial charge in [0, 0.05) is 11.9 Å². The number of carboxylic acids is 2. The molecule has 0 radical (unpaired) electrons. The molecule has 4 nitrogen and oxygen atoms in total. The summed E-state index contributed by atoms with van der Waals surface area (Å²) in [5.41, 5.74) is 0.753. The average molecular weight is 461 g/mol. The Hall–Kier alpha value is -0.261. The number of hydrogen-bond acceptors (Lipinski definition) is 4. The van der Waals surface area contributed by atoms with Crippen LogP contribution in [0.3, 0.4) is 0 Å². The molecule has 0 aliphatic heterocycles. The van der Waals surface area contributed by atoms with Crippen molar-refractivity contribution in [3.05, 3.63) is 0 Å². The van der Waals surface area contributed by atoms with E-state index < -0.39 is 11.9 Å². The fourth-order valence-electron chi connectivity index (χ4n) is 2.20. The fraction of sp³-hybridized carbons (Fsp3) is 0.900. The van der Waals surface area contributed by atoms with E-state index >= 15 is 0 Å². The number of carboxylic acid groups (broad SMARTS) is 2. The summed E-state index contributed by atoms with van der Waals surface area (Å²) in [5.74, 6) is -1.85. The molecule has 0 aliphatic carbocycles. The second kappa shape index (κ2) is 16.0. The van der Waals surface area contributed by atoms with E-state index in [0.29, 0.717) is 10.8 Å².